The average molecular weight is 649 g/mol. The van der Waals surface area contributed by atoms with E-state index in [1.807, 2.05) is 24.3 Å². The SMILES string of the molecule is N#Cc1ccc(-c2ccc(-n3c4ccc(-c5ccc(-c6ccccc6)cc5)cc4c4cc(-c5ccc(-c6ccccc6)cc5)ccc43)cc2)cc1. The Morgan fingerprint density at radius 3 is 1.02 bits per heavy atom. The van der Waals surface area contributed by atoms with Gasteiger partial charge in [0.1, 0.15) is 0 Å². The van der Waals surface area contributed by atoms with E-state index in [9.17, 15) is 5.26 Å². The van der Waals surface area contributed by atoms with E-state index in [1.165, 1.54) is 55.3 Å². The Bertz CT molecular complexity index is 2540. The van der Waals surface area contributed by atoms with Gasteiger partial charge in [-0.3, -0.25) is 0 Å². The second kappa shape index (κ2) is 12.8. The first kappa shape index (κ1) is 30.1. The van der Waals surface area contributed by atoms with Crippen LogP contribution in [0.4, 0.5) is 0 Å². The van der Waals surface area contributed by atoms with E-state index in [0.29, 0.717) is 5.56 Å². The molecule has 0 atom stereocenters. The van der Waals surface area contributed by atoms with Crippen molar-refractivity contribution in [3.05, 3.63) is 200 Å². The van der Waals surface area contributed by atoms with Crippen LogP contribution in [0.25, 0.3) is 83.1 Å². The summed E-state index contributed by atoms with van der Waals surface area (Å²) in [5, 5.41) is 11.7. The van der Waals surface area contributed by atoms with Crippen molar-refractivity contribution in [2.45, 2.75) is 0 Å². The number of benzene rings is 8. The number of hydrogen-bond acceptors (Lipinski definition) is 1. The van der Waals surface area contributed by atoms with Crippen molar-refractivity contribution < 1.29 is 0 Å². The molecule has 0 N–H and O–H groups in total. The summed E-state index contributed by atoms with van der Waals surface area (Å²) in [4.78, 5) is 0. The van der Waals surface area contributed by atoms with Crippen LogP contribution in [-0.4, -0.2) is 4.57 Å². The summed E-state index contributed by atoms with van der Waals surface area (Å²) >= 11 is 0. The smallest absolute Gasteiger partial charge is 0.0991 e. The maximum atomic E-state index is 9.23. The first-order valence-electron chi connectivity index (χ1n) is 17.2. The van der Waals surface area contributed by atoms with Gasteiger partial charge in [-0.1, -0.05) is 146 Å². The topological polar surface area (TPSA) is 28.7 Å². The Kier molecular flexibility index (Phi) is 7.58. The van der Waals surface area contributed by atoms with Gasteiger partial charge >= 0.3 is 0 Å². The first-order valence-corrected chi connectivity index (χ1v) is 17.2. The molecular weight excluding hydrogens is 617 g/mol. The van der Waals surface area contributed by atoms with Crippen molar-refractivity contribution in [1.29, 1.82) is 5.26 Å². The fourth-order valence-electron chi connectivity index (χ4n) is 7.17. The van der Waals surface area contributed by atoms with Gasteiger partial charge in [0.15, 0.2) is 0 Å². The molecule has 2 heteroatoms. The molecule has 0 aliphatic rings. The third-order valence-electron chi connectivity index (χ3n) is 9.89. The van der Waals surface area contributed by atoms with Gasteiger partial charge in [-0.05, 0) is 104 Å². The molecular formula is C49H32N2. The molecule has 8 aromatic carbocycles. The molecule has 0 radical (unpaired) electrons. The van der Waals surface area contributed by atoms with E-state index in [2.05, 4.69) is 180 Å². The zero-order chi connectivity index (χ0) is 34.1. The summed E-state index contributed by atoms with van der Waals surface area (Å²) in [5.41, 5.74) is 15.9. The summed E-state index contributed by atoms with van der Waals surface area (Å²) in [6, 6.07) is 71.2. The molecule has 1 aromatic heterocycles. The van der Waals surface area contributed by atoms with Crippen LogP contribution in [-0.2, 0) is 0 Å². The van der Waals surface area contributed by atoms with Gasteiger partial charge in [-0.15, -0.1) is 0 Å². The van der Waals surface area contributed by atoms with Crippen LogP contribution in [0.1, 0.15) is 5.56 Å². The van der Waals surface area contributed by atoms with Crippen molar-refractivity contribution in [1.82, 2.24) is 4.57 Å². The average Bonchev–Trinajstić information content (AvgIpc) is 3.55. The molecule has 1 heterocycles. The molecule has 238 valence electrons. The minimum atomic E-state index is 0.665. The zero-order valence-electron chi connectivity index (χ0n) is 27.9. The Labute approximate surface area is 297 Å². The van der Waals surface area contributed by atoms with Crippen molar-refractivity contribution in [3.8, 4) is 67.4 Å². The zero-order valence-corrected chi connectivity index (χ0v) is 27.9. The molecule has 0 fully saturated rings. The molecule has 2 nitrogen and oxygen atoms in total. The van der Waals surface area contributed by atoms with E-state index >= 15 is 0 Å². The van der Waals surface area contributed by atoms with Crippen LogP contribution in [0.15, 0.2) is 194 Å². The van der Waals surface area contributed by atoms with E-state index in [1.54, 1.807) is 0 Å². The minimum absolute atomic E-state index is 0.665. The number of hydrogen-bond donors (Lipinski definition) is 0. The van der Waals surface area contributed by atoms with E-state index in [4.69, 9.17) is 0 Å². The third-order valence-corrected chi connectivity index (χ3v) is 9.89. The molecule has 9 aromatic rings. The number of rotatable bonds is 6. The molecule has 0 bridgehead atoms. The molecule has 51 heavy (non-hydrogen) atoms. The van der Waals surface area contributed by atoms with E-state index < -0.39 is 0 Å². The van der Waals surface area contributed by atoms with Gasteiger partial charge in [-0.25, -0.2) is 0 Å². The highest BCUT2D eigenvalue weighted by Gasteiger charge is 2.15. The van der Waals surface area contributed by atoms with Crippen LogP contribution in [0.2, 0.25) is 0 Å². The fraction of sp³-hybridized carbons (Fsp3) is 0. The molecule has 0 amide bonds. The lowest BCUT2D eigenvalue weighted by atomic mass is 9.97. The van der Waals surface area contributed by atoms with Gasteiger partial charge in [0.25, 0.3) is 0 Å². The minimum Gasteiger partial charge on any atom is -0.309 e. The monoisotopic (exact) mass is 648 g/mol. The number of aromatic nitrogens is 1. The largest absolute Gasteiger partial charge is 0.309 e. The Morgan fingerprint density at radius 2 is 0.627 bits per heavy atom. The second-order valence-corrected chi connectivity index (χ2v) is 12.9. The van der Waals surface area contributed by atoms with Crippen molar-refractivity contribution in [2.24, 2.45) is 0 Å². The quantitative estimate of drug-likeness (QED) is 0.176. The fourth-order valence-corrected chi connectivity index (χ4v) is 7.17. The van der Waals surface area contributed by atoms with Crippen LogP contribution in [0.5, 0.6) is 0 Å². The second-order valence-electron chi connectivity index (χ2n) is 12.9. The highest BCUT2D eigenvalue weighted by Crippen LogP contribution is 2.38. The summed E-state index contributed by atoms with van der Waals surface area (Å²) in [6.45, 7) is 0. The van der Waals surface area contributed by atoms with Gasteiger partial charge in [-0.2, -0.15) is 5.26 Å². The molecule has 0 saturated heterocycles. The van der Waals surface area contributed by atoms with Gasteiger partial charge in [0, 0.05) is 16.5 Å². The number of nitriles is 1. The Hall–Kier alpha value is -6.95. The molecule has 0 aliphatic heterocycles. The predicted molar refractivity (Wildman–Crippen MR) is 213 cm³/mol. The standard InChI is InChI=1S/C49H32N2/c50-33-34-11-13-37(14-12-34)40-23-27-45(28-24-40)51-48-29-25-43(41-19-15-38(16-20-41)35-7-3-1-4-8-35)31-46(48)47-32-44(26-30-49(47)51)42-21-17-39(18-22-42)36-9-5-2-6-10-36/h1-32H. The summed E-state index contributed by atoms with van der Waals surface area (Å²) in [5.74, 6) is 0. The van der Waals surface area contributed by atoms with Crippen LogP contribution in [0, 0.1) is 11.3 Å². The van der Waals surface area contributed by atoms with Crippen molar-refractivity contribution in [2.75, 3.05) is 0 Å². The van der Waals surface area contributed by atoms with Crippen molar-refractivity contribution in [3.63, 3.8) is 0 Å². The molecule has 9 rings (SSSR count). The lowest BCUT2D eigenvalue weighted by Crippen LogP contribution is -1.94. The maximum Gasteiger partial charge on any atom is 0.0991 e. The summed E-state index contributed by atoms with van der Waals surface area (Å²) < 4.78 is 2.37. The molecule has 0 unspecified atom stereocenters. The van der Waals surface area contributed by atoms with Gasteiger partial charge < -0.3 is 4.57 Å². The van der Waals surface area contributed by atoms with Crippen molar-refractivity contribution >= 4 is 21.8 Å². The van der Waals surface area contributed by atoms with Gasteiger partial charge in [0.05, 0.1) is 22.7 Å². The predicted octanol–water partition coefficient (Wildman–Crippen LogP) is 13.0. The van der Waals surface area contributed by atoms with Crippen LogP contribution in [0.3, 0.4) is 0 Å². The molecule has 0 saturated carbocycles. The highest BCUT2D eigenvalue weighted by molar-refractivity contribution is 6.11. The lowest BCUT2D eigenvalue weighted by Gasteiger charge is -2.10. The Morgan fingerprint density at radius 1 is 0.314 bits per heavy atom. The molecule has 0 spiro atoms. The summed E-state index contributed by atoms with van der Waals surface area (Å²) in [7, 11) is 0. The van der Waals surface area contributed by atoms with E-state index in [-0.39, 0.29) is 0 Å². The number of nitrogens with zero attached hydrogens (tertiary/aromatic N) is 2. The van der Waals surface area contributed by atoms with E-state index in [0.717, 1.165) is 27.8 Å². The van der Waals surface area contributed by atoms with Gasteiger partial charge in [0.2, 0.25) is 0 Å². The third kappa shape index (κ3) is 5.68. The lowest BCUT2D eigenvalue weighted by molar-refractivity contribution is 1.18. The first-order chi connectivity index (χ1) is 25.2. The highest BCUT2D eigenvalue weighted by atomic mass is 15.0. The Balaban J connectivity index is 1.15. The number of fused-ring (bicyclic) bond motifs is 3. The molecule has 0 aliphatic carbocycles. The maximum absolute atomic E-state index is 9.23. The van der Waals surface area contributed by atoms with Crippen LogP contribution < -0.4 is 0 Å². The normalized spacial score (nSPS) is 11.1. The van der Waals surface area contributed by atoms with Crippen LogP contribution >= 0.6 is 0 Å². The summed E-state index contributed by atoms with van der Waals surface area (Å²) in [6.07, 6.45) is 0.